The lowest BCUT2D eigenvalue weighted by molar-refractivity contribution is -0.141. The molecule has 1 N–H and O–H groups in total. The predicted molar refractivity (Wildman–Crippen MR) is 81.8 cm³/mol. The monoisotopic (exact) mass is 292 g/mol. The second-order valence-corrected chi connectivity index (χ2v) is 7.48. The number of Topliss-reactive ketones (excluding diaryl/α,β-unsaturated/α-hetero) is 1. The highest BCUT2D eigenvalue weighted by Crippen LogP contribution is 2.54. The van der Waals surface area contributed by atoms with Gasteiger partial charge in [-0.15, -0.1) is 0 Å². The van der Waals surface area contributed by atoms with Crippen LogP contribution in [0.4, 0.5) is 0 Å². The fraction of sp³-hybridized carbons (Fsp3) is 0.833. The number of ketones is 1. The minimum Gasteiger partial charge on any atom is -0.396 e. The zero-order valence-electron chi connectivity index (χ0n) is 13.4. The third kappa shape index (κ3) is 2.49. The normalized spacial score (nSPS) is 42.1. The van der Waals surface area contributed by atoms with E-state index in [4.69, 9.17) is 9.84 Å². The van der Waals surface area contributed by atoms with Crippen molar-refractivity contribution in [2.24, 2.45) is 29.6 Å². The summed E-state index contributed by atoms with van der Waals surface area (Å²) in [4.78, 5) is 12.5. The van der Waals surface area contributed by atoms with E-state index in [1.165, 1.54) is 5.57 Å². The van der Waals surface area contributed by atoms with Gasteiger partial charge in [-0.25, -0.2) is 0 Å². The number of carbonyl (C=O) groups is 1. The first kappa shape index (κ1) is 15.2. The maximum Gasteiger partial charge on any atom is 0.141 e. The van der Waals surface area contributed by atoms with Gasteiger partial charge in [-0.1, -0.05) is 25.5 Å². The van der Waals surface area contributed by atoms with Gasteiger partial charge >= 0.3 is 0 Å². The summed E-state index contributed by atoms with van der Waals surface area (Å²) >= 11 is 0. The number of hydrogen-bond acceptors (Lipinski definition) is 3. The lowest BCUT2D eigenvalue weighted by Crippen LogP contribution is -2.40. The van der Waals surface area contributed by atoms with E-state index < -0.39 is 0 Å². The molecule has 2 bridgehead atoms. The molecule has 0 aromatic rings. The Kier molecular flexibility index (Phi) is 4.24. The predicted octanol–water partition coefficient (Wildman–Crippen LogP) is 2.97. The van der Waals surface area contributed by atoms with E-state index in [9.17, 15) is 4.79 Å². The molecule has 6 atom stereocenters. The third-order valence-corrected chi connectivity index (χ3v) is 6.00. The number of aliphatic hydroxyl groups is 1. The molecule has 3 nitrogen and oxygen atoms in total. The van der Waals surface area contributed by atoms with Crippen molar-refractivity contribution in [1.82, 2.24) is 0 Å². The quantitative estimate of drug-likeness (QED) is 0.810. The first-order chi connectivity index (χ1) is 10.0. The van der Waals surface area contributed by atoms with E-state index >= 15 is 0 Å². The average molecular weight is 292 g/mol. The van der Waals surface area contributed by atoms with Crippen LogP contribution in [0.2, 0.25) is 0 Å². The molecule has 3 heteroatoms. The zero-order valence-corrected chi connectivity index (χ0v) is 13.4. The van der Waals surface area contributed by atoms with Crippen molar-refractivity contribution in [3.8, 4) is 0 Å². The molecule has 1 aliphatic carbocycles. The van der Waals surface area contributed by atoms with Crippen LogP contribution >= 0.6 is 0 Å². The highest BCUT2D eigenvalue weighted by atomic mass is 16.5. The molecular weight excluding hydrogens is 264 g/mol. The Morgan fingerprint density at radius 2 is 2.19 bits per heavy atom. The highest BCUT2D eigenvalue weighted by Gasteiger charge is 2.57. The maximum atomic E-state index is 12.5. The molecular formula is C18H28O3. The molecule has 0 aromatic heterocycles. The van der Waals surface area contributed by atoms with Crippen LogP contribution in [0, 0.1) is 29.6 Å². The van der Waals surface area contributed by atoms with E-state index in [1.807, 2.05) is 0 Å². The summed E-state index contributed by atoms with van der Waals surface area (Å²) in [5.41, 5.74) is 1.43. The van der Waals surface area contributed by atoms with Crippen molar-refractivity contribution in [2.45, 2.75) is 58.7 Å². The van der Waals surface area contributed by atoms with Crippen LogP contribution in [0.5, 0.6) is 0 Å². The molecule has 0 aromatic carbocycles. The molecule has 2 heterocycles. The minimum absolute atomic E-state index is 0.00977. The van der Waals surface area contributed by atoms with Gasteiger partial charge in [0.2, 0.25) is 0 Å². The van der Waals surface area contributed by atoms with E-state index in [1.54, 1.807) is 0 Å². The van der Waals surface area contributed by atoms with Gasteiger partial charge in [-0.05, 0) is 43.9 Å². The van der Waals surface area contributed by atoms with Crippen LogP contribution in [0.25, 0.3) is 0 Å². The van der Waals surface area contributed by atoms with Gasteiger partial charge in [0.15, 0.2) is 0 Å². The lowest BCUT2D eigenvalue weighted by atomic mass is 9.65. The third-order valence-electron chi connectivity index (χ3n) is 6.00. The Balaban J connectivity index is 1.91. The smallest absolute Gasteiger partial charge is 0.141 e. The molecule has 0 spiro atoms. The topological polar surface area (TPSA) is 46.5 Å². The molecule has 2 fully saturated rings. The molecule has 0 radical (unpaired) electrons. The molecule has 0 amide bonds. The number of aliphatic hydroxyl groups excluding tert-OH is 1. The average Bonchev–Trinajstić information content (AvgIpc) is 2.74. The highest BCUT2D eigenvalue weighted by molar-refractivity contribution is 5.83. The summed E-state index contributed by atoms with van der Waals surface area (Å²) in [7, 11) is 0. The Bertz CT molecular complexity index is 440. The summed E-state index contributed by atoms with van der Waals surface area (Å²) in [5, 5.41) is 9.11. The molecule has 118 valence electrons. The number of allylic oxidation sites excluding steroid dienone is 1. The maximum absolute atomic E-state index is 12.5. The fourth-order valence-electron chi connectivity index (χ4n) is 4.98. The van der Waals surface area contributed by atoms with Crippen LogP contribution in [0.3, 0.4) is 0 Å². The summed E-state index contributed by atoms with van der Waals surface area (Å²) < 4.78 is 6.33. The summed E-state index contributed by atoms with van der Waals surface area (Å²) in [6, 6.07) is 0. The second-order valence-electron chi connectivity index (χ2n) is 7.48. The first-order valence-electron chi connectivity index (χ1n) is 8.50. The van der Waals surface area contributed by atoms with Gasteiger partial charge in [-0.2, -0.15) is 0 Å². The van der Waals surface area contributed by atoms with Crippen LogP contribution in [-0.2, 0) is 9.53 Å². The van der Waals surface area contributed by atoms with Gasteiger partial charge in [0, 0.05) is 24.9 Å². The fourth-order valence-corrected chi connectivity index (χ4v) is 4.98. The SMILES string of the molecule is CC1=CC[C@H](C(C)C)[C@H]2[C@H]3O[C@H](CC(=O)[C@@H]3CCCO)[C@@H]12. The van der Waals surface area contributed by atoms with E-state index in [2.05, 4.69) is 26.8 Å². The van der Waals surface area contributed by atoms with Crippen molar-refractivity contribution >= 4 is 5.78 Å². The van der Waals surface area contributed by atoms with Crippen LogP contribution in [0.1, 0.15) is 46.5 Å². The first-order valence-corrected chi connectivity index (χ1v) is 8.50. The molecule has 2 aliphatic heterocycles. The van der Waals surface area contributed by atoms with E-state index in [-0.39, 0.29) is 24.7 Å². The van der Waals surface area contributed by atoms with Crippen molar-refractivity contribution < 1.29 is 14.6 Å². The number of rotatable bonds is 4. The van der Waals surface area contributed by atoms with Crippen molar-refractivity contribution in [3.63, 3.8) is 0 Å². The zero-order chi connectivity index (χ0) is 15.1. The molecule has 21 heavy (non-hydrogen) atoms. The Morgan fingerprint density at radius 1 is 1.43 bits per heavy atom. The number of ether oxygens (including phenoxy) is 1. The van der Waals surface area contributed by atoms with Gasteiger partial charge in [-0.3, -0.25) is 4.79 Å². The summed E-state index contributed by atoms with van der Waals surface area (Å²) in [5.74, 6) is 2.56. The van der Waals surface area contributed by atoms with Crippen LogP contribution in [-0.4, -0.2) is 29.7 Å². The number of fused-ring (bicyclic) bond motifs is 5. The van der Waals surface area contributed by atoms with Crippen LogP contribution in [0.15, 0.2) is 11.6 Å². The summed E-state index contributed by atoms with van der Waals surface area (Å²) in [6.07, 6.45) is 5.76. The Labute approximate surface area is 127 Å². The van der Waals surface area contributed by atoms with Crippen LogP contribution < -0.4 is 0 Å². The molecule has 0 saturated carbocycles. The van der Waals surface area contributed by atoms with E-state index in [0.29, 0.717) is 42.3 Å². The lowest BCUT2D eigenvalue weighted by Gasteiger charge is -2.38. The number of carbonyl (C=O) groups excluding carboxylic acids is 1. The van der Waals surface area contributed by atoms with Gasteiger partial charge in [0.25, 0.3) is 0 Å². The van der Waals surface area contributed by atoms with E-state index in [0.717, 1.165) is 12.8 Å². The molecule has 2 saturated heterocycles. The minimum atomic E-state index is 0.00977. The standard InChI is InChI=1S/C18H28O3/c1-10(2)12-7-6-11(3)16-15-9-14(20)13(5-4-8-19)18(21-15)17(12)16/h6,10,12-13,15-19H,4-5,7-9H2,1-3H3/t12-,13+,15-,16-,17-,18+/m1/s1. The van der Waals surface area contributed by atoms with Gasteiger partial charge in [0.1, 0.15) is 5.78 Å². The van der Waals surface area contributed by atoms with Gasteiger partial charge < -0.3 is 9.84 Å². The van der Waals surface area contributed by atoms with Crippen molar-refractivity contribution in [3.05, 3.63) is 11.6 Å². The second kappa shape index (κ2) is 5.85. The Hall–Kier alpha value is -0.670. The van der Waals surface area contributed by atoms with Crippen molar-refractivity contribution in [2.75, 3.05) is 6.61 Å². The van der Waals surface area contributed by atoms with Gasteiger partial charge in [0.05, 0.1) is 12.2 Å². The molecule has 0 unspecified atom stereocenters. The largest absolute Gasteiger partial charge is 0.396 e. The summed E-state index contributed by atoms with van der Waals surface area (Å²) in [6.45, 7) is 6.97. The molecule has 3 rings (SSSR count). The Morgan fingerprint density at radius 3 is 2.86 bits per heavy atom. The number of hydrogen-bond donors (Lipinski definition) is 1. The van der Waals surface area contributed by atoms with Crippen molar-refractivity contribution in [1.29, 1.82) is 0 Å². The molecule has 3 aliphatic rings.